The SMILES string of the molecule is CNCc1cc(C(=O)O)c2c(C)ccc(C)c2n1. The lowest BCUT2D eigenvalue weighted by Gasteiger charge is -2.10. The second kappa shape index (κ2) is 4.74. The van der Waals surface area contributed by atoms with Crippen molar-refractivity contribution in [2.75, 3.05) is 7.05 Å². The van der Waals surface area contributed by atoms with Gasteiger partial charge in [-0.3, -0.25) is 4.98 Å². The molecule has 0 spiro atoms. The van der Waals surface area contributed by atoms with Crippen molar-refractivity contribution in [2.24, 2.45) is 0 Å². The van der Waals surface area contributed by atoms with E-state index in [4.69, 9.17) is 0 Å². The van der Waals surface area contributed by atoms with Crippen molar-refractivity contribution in [2.45, 2.75) is 20.4 Å². The Kier molecular flexibility index (Phi) is 3.30. The number of fused-ring (bicyclic) bond motifs is 1. The number of aryl methyl sites for hydroxylation is 2. The molecule has 0 aliphatic heterocycles. The summed E-state index contributed by atoms with van der Waals surface area (Å²) in [5.41, 5.74) is 3.79. The number of nitrogens with one attached hydrogen (secondary N) is 1. The molecule has 0 fully saturated rings. The molecule has 0 atom stereocenters. The number of carboxylic acids is 1. The Morgan fingerprint density at radius 1 is 1.33 bits per heavy atom. The molecule has 0 unspecified atom stereocenters. The molecule has 1 aromatic carbocycles. The van der Waals surface area contributed by atoms with Gasteiger partial charge in [0.25, 0.3) is 0 Å². The predicted molar refractivity (Wildman–Crippen MR) is 70.9 cm³/mol. The summed E-state index contributed by atoms with van der Waals surface area (Å²) >= 11 is 0. The van der Waals surface area contributed by atoms with Crippen LogP contribution < -0.4 is 5.32 Å². The third kappa shape index (κ3) is 2.07. The van der Waals surface area contributed by atoms with Gasteiger partial charge < -0.3 is 10.4 Å². The minimum absolute atomic E-state index is 0.325. The Balaban J connectivity index is 2.85. The van der Waals surface area contributed by atoms with Crippen LogP contribution in [-0.4, -0.2) is 23.1 Å². The molecule has 4 heteroatoms. The topological polar surface area (TPSA) is 62.2 Å². The lowest BCUT2D eigenvalue weighted by Crippen LogP contribution is -2.10. The first-order valence-corrected chi connectivity index (χ1v) is 5.82. The van der Waals surface area contributed by atoms with Gasteiger partial charge in [-0.1, -0.05) is 12.1 Å². The van der Waals surface area contributed by atoms with Crippen molar-refractivity contribution in [3.63, 3.8) is 0 Å². The zero-order chi connectivity index (χ0) is 13.3. The molecule has 1 heterocycles. The normalized spacial score (nSPS) is 10.8. The van der Waals surface area contributed by atoms with Gasteiger partial charge in [-0.05, 0) is 38.1 Å². The maximum atomic E-state index is 11.4. The molecule has 0 aliphatic rings. The van der Waals surface area contributed by atoms with E-state index in [1.165, 1.54) is 0 Å². The second-order valence-electron chi connectivity index (χ2n) is 4.42. The van der Waals surface area contributed by atoms with E-state index in [0.29, 0.717) is 12.1 Å². The fourth-order valence-electron chi connectivity index (χ4n) is 2.14. The van der Waals surface area contributed by atoms with Gasteiger partial charge >= 0.3 is 5.97 Å². The number of carboxylic acid groups (broad SMARTS) is 1. The molecule has 0 aliphatic carbocycles. The van der Waals surface area contributed by atoms with Gasteiger partial charge in [0.1, 0.15) is 0 Å². The highest BCUT2D eigenvalue weighted by atomic mass is 16.4. The fourth-order valence-corrected chi connectivity index (χ4v) is 2.14. The van der Waals surface area contributed by atoms with Gasteiger partial charge in [0.15, 0.2) is 0 Å². The Morgan fingerprint density at radius 3 is 2.61 bits per heavy atom. The van der Waals surface area contributed by atoms with Crippen LogP contribution in [0, 0.1) is 13.8 Å². The highest BCUT2D eigenvalue weighted by molar-refractivity contribution is 6.04. The van der Waals surface area contributed by atoms with E-state index in [2.05, 4.69) is 10.3 Å². The first kappa shape index (κ1) is 12.5. The van der Waals surface area contributed by atoms with Crippen molar-refractivity contribution in [3.8, 4) is 0 Å². The lowest BCUT2D eigenvalue weighted by atomic mass is 10.00. The van der Waals surface area contributed by atoms with Crippen molar-refractivity contribution in [1.29, 1.82) is 0 Å². The minimum atomic E-state index is -0.909. The van der Waals surface area contributed by atoms with Crippen LogP contribution >= 0.6 is 0 Å². The molecule has 0 saturated carbocycles. The molecular weight excluding hydrogens is 228 g/mol. The largest absolute Gasteiger partial charge is 0.478 e. The Labute approximate surface area is 106 Å². The number of aromatic carboxylic acids is 1. The van der Waals surface area contributed by atoms with Gasteiger partial charge in [-0.15, -0.1) is 0 Å². The lowest BCUT2D eigenvalue weighted by molar-refractivity contribution is 0.0698. The summed E-state index contributed by atoms with van der Waals surface area (Å²) in [5, 5.41) is 13.1. The van der Waals surface area contributed by atoms with E-state index in [-0.39, 0.29) is 0 Å². The Hall–Kier alpha value is -1.94. The fraction of sp³-hybridized carbons (Fsp3) is 0.286. The van der Waals surface area contributed by atoms with Crippen LogP contribution in [0.2, 0.25) is 0 Å². The van der Waals surface area contributed by atoms with Crippen LogP contribution in [0.4, 0.5) is 0 Å². The molecule has 94 valence electrons. The Bertz CT molecular complexity index is 621. The zero-order valence-corrected chi connectivity index (χ0v) is 10.7. The molecule has 0 amide bonds. The van der Waals surface area contributed by atoms with Gasteiger partial charge in [-0.25, -0.2) is 4.79 Å². The second-order valence-corrected chi connectivity index (χ2v) is 4.42. The van der Waals surface area contributed by atoms with Gasteiger partial charge in [0, 0.05) is 11.9 Å². The van der Waals surface area contributed by atoms with E-state index < -0.39 is 5.97 Å². The molecule has 18 heavy (non-hydrogen) atoms. The summed E-state index contributed by atoms with van der Waals surface area (Å²) < 4.78 is 0. The molecule has 0 bridgehead atoms. The first-order chi connectivity index (χ1) is 8.54. The molecule has 2 rings (SSSR count). The molecule has 0 radical (unpaired) electrons. The number of hydrogen-bond acceptors (Lipinski definition) is 3. The predicted octanol–water partition coefficient (Wildman–Crippen LogP) is 2.27. The highest BCUT2D eigenvalue weighted by Gasteiger charge is 2.14. The monoisotopic (exact) mass is 244 g/mol. The van der Waals surface area contributed by atoms with Crippen LogP contribution in [0.15, 0.2) is 18.2 Å². The average molecular weight is 244 g/mol. The number of carbonyl (C=O) groups is 1. The first-order valence-electron chi connectivity index (χ1n) is 5.82. The van der Waals surface area contributed by atoms with Crippen LogP contribution in [0.3, 0.4) is 0 Å². The maximum Gasteiger partial charge on any atom is 0.336 e. The number of nitrogens with zero attached hydrogens (tertiary/aromatic N) is 1. The standard InChI is InChI=1S/C14H16N2O2/c1-8-4-5-9(2)13-12(8)11(14(17)18)6-10(16-13)7-15-3/h4-6,15H,7H2,1-3H3,(H,17,18). The van der Waals surface area contributed by atoms with Crippen molar-refractivity contribution >= 4 is 16.9 Å². The third-order valence-electron chi connectivity index (χ3n) is 3.01. The van der Waals surface area contributed by atoms with Crippen molar-refractivity contribution in [3.05, 3.63) is 40.6 Å². The van der Waals surface area contributed by atoms with Gasteiger partial charge in [0.2, 0.25) is 0 Å². The van der Waals surface area contributed by atoms with Crippen LogP contribution in [0.25, 0.3) is 10.9 Å². The number of benzene rings is 1. The number of rotatable bonds is 3. The van der Waals surface area contributed by atoms with E-state index in [9.17, 15) is 9.90 Å². The summed E-state index contributed by atoms with van der Waals surface area (Å²) in [5.74, 6) is -0.909. The minimum Gasteiger partial charge on any atom is -0.478 e. The van der Waals surface area contributed by atoms with Crippen molar-refractivity contribution in [1.82, 2.24) is 10.3 Å². The molecule has 4 nitrogen and oxygen atoms in total. The molecular formula is C14H16N2O2. The summed E-state index contributed by atoms with van der Waals surface area (Å²) in [6.07, 6.45) is 0. The Morgan fingerprint density at radius 2 is 2.00 bits per heavy atom. The summed E-state index contributed by atoms with van der Waals surface area (Å²) in [6, 6.07) is 5.55. The average Bonchev–Trinajstić information content (AvgIpc) is 2.33. The number of hydrogen-bond donors (Lipinski definition) is 2. The van der Waals surface area contributed by atoms with Gasteiger partial charge in [-0.2, -0.15) is 0 Å². The molecule has 2 aromatic rings. The third-order valence-corrected chi connectivity index (χ3v) is 3.01. The summed E-state index contributed by atoms with van der Waals surface area (Å²) in [4.78, 5) is 15.9. The van der Waals surface area contributed by atoms with Crippen LogP contribution in [0.1, 0.15) is 27.2 Å². The summed E-state index contributed by atoms with van der Waals surface area (Å²) in [7, 11) is 1.81. The van der Waals surface area contributed by atoms with E-state index in [0.717, 1.165) is 27.7 Å². The maximum absolute atomic E-state index is 11.4. The highest BCUT2D eigenvalue weighted by Crippen LogP contribution is 2.25. The number of aromatic nitrogens is 1. The quantitative estimate of drug-likeness (QED) is 0.869. The summed E-state index contributed by atoms with van der Waals surface area (Å²) in [6.45, 7) is 4.42. The van der Waals surface area contributed by atoms with Crippen LogP contribution in [0.5, 0.6) is 0 Å². The van der Waals surface area contributed by atoms with E-state index >= 15 is 0 Å². The van der Waals surface area contributed by atoms with Crippen molar-refractivity contribution < 1.29 is 9.90 Å². The number of pyridine rings is 1. The zero-order valence-electron chi connectivity index (χ0n) is 10.7. The van der Waals surface area contributed by atoms with Gasteiger partial charge in [0.05, 0.1) is 16.8 Å². The molecule has 0 saturated heterocycles. The molecule has 1 aromatic heterocycles. The van der Waals surface area contributed by atoms with E-state index in [1.807, 2.05) is 33.0 Å². The smallest absolute Gasteiger partial charge is 0.336 e. The molecule has 2 N–H and O–H groups in total. The van der Waals surface area contributed by atoms with E-state index in [1.54, 1.807) is 6.07 Å². The van der Waals surface area contributed by atoms with Crippen LogP contribution in [-0.2, 0) is 6.54 Å².